The number of rotatable bonds is 5. The Morgan fingerprint density at radius 3 is 2.62 bits per heavy atom. The smallest absolute Gasteiger partial charge is 0.226 e. The highest BCUT2D eigenvalue weighted by atomic mass is 16.3. The fourth-order valence-electron chi connectivity index (χ4n) is 2.96. The zero-order valence-corrected chi connectivity index (χ0v) is 12.8. The maximum absolute atomic E-state index is 12.7. The second kappa shape index (κ2) is 7.41. The summed E-state index contributed by atoms with van der Waals surface area (Å²) in [6, 6.07) is 8.17. The summed E-state index contributed by atoms with van der Waals surface area (Å²) < 4.78 is 0. The summed E-state index contributed by atoms with van der Waals surface area (Å²) in [5, 5.41) is 9.58. The van der Waals surface area contributed by atoms with Crippen molar-refractivity contribution in [1.82, 2.24) is 4.90 Å². The van der Waals surface area contributed by atoms with E-state index in [1.54, 1.807) is 6.08 Å². The predicted molar refractivity (Wildman–Crippen MR) is 84.8 cm³/mol. The van der Waals surface area contributed by atoms with Crippen LogP contribution < -0.4 is 0 Å². The maximum atomic E-state index is 12.7. The molecular formula is C18H25NO2. The molecule has 1 aliphatic rings. The predicted octanol–water partition coefficient (Wildman–Crippen LogP) is 3.06. The van der Waals surface area contributed by atoms with E-state index in [4.69, 9.17) is 0 Å². The third-order valence-electron chi connectivity index (χ3n) is 4.33. The lowest BCUT2D eigenvalue weighted by molar-refractivity contribution is -0.137. The van der Waals surface area contributed by atoms with Gasteiger partial charge >= 0.3 is 0 Å². The minimum absolute atomic E-state index is 0.0531. The average molecular weight is 287 g/mol. The van der Waals surface area contributed by atoms with Crippen LogP contribution in [0, 0.1) is 12.8 Å². The molecule has 3 nitrogen and oxygen atoms in total. The third kappa shape index (κ3) is 4.18. The van der Waals surface area contributed by atoms with Crippen LogP contribution in [0.15, 0.2) is 36.9 Å². The van der Waals surface area contributed by atoms with Gasteiger partial charge in [0.15, 0.2) is 0 Å². The number of carbonyl (C=O) groups is 1. The molecule has 2 rings (SSSR count). The normalized spacial score (nSPS) is 21.8. The van der Waals surface area contributed by atoms with Crippen molar-refractivity contribution in [2.75, 3.05) is 6.54 Å². The summed E-state index contributed by atoms with van der Waals surface area (Å²) in [4.78, 5) is 14.6. The molecule has 0 unspecified atom stereocenters. The number of carbonyl (C=O) groups excluding carboxylic acids is 1. The molecule has 0 bridgehead atoms. The Morgan fingerprint density at radius 2 is 2.00 bits per heavy atom. The lowest BCUT2D eigenvalue weighted by Crippen LogP contribution is -2.38. The van der Waals surface area contributed by atoms with Gasteiger partial charge in [0, 0.05) is 19.0 Å². The molecule has 0 atom stereocenters. The van der Waals surface area contributed by atoms with Crippen molar-refractivity contribution in [2.45, 2.75) is 45.3 Å². The van der Waals surface area contributed by atoms with Gasteiger partial charge < -0.3 is 10.0 Å². The second-order valence-corrected chi connectivity index (χ2v) is 5.94. The summed E-state index contributed by atoms with van der Waals surface area (Å²) in [5.41, 5.74) is 2.39. The van der Waals surface area contributed by atoms with Crippen molar-refractivity contribution >= 4 is 5.91 Å². The van der Waals surface area contributed by atoms with E-state index in [9.17, 15) is 9.90 Å². The van der Waals surface area contributed by atoms with Crippen molar-refractivity contribution in [1.29, 1.82) is 0 Å². The number of benzene rings is 1. The highest BCUT2D eigenvalue weighted by Crippen LogP contribution is 2.26. The van der Waals surface area contributed by atoms with E-state index in [0.717, 1.165) is 25.7 Å². The first kappa shape index (κ1) is 15.8. The number of aliphatic hydroxyl groups excluding tert-OH is 1. The van der Waals surface area contributed by atoms with Crippen molar-refractivity contribution < 1.29 is 9.90 Å². The van der Waals surface area contributed by atoms with Gasteiger partial charge in [-0.1, -0.05) is 30.3 Å². The molecule has 0 aliphatic heterocycles. The lowest BCUT2D eigenvalue weighted by Gasteiger charge is -2.30. The van der Waals surface area contributed by atoms with Gasteiger partial charge in [0.1, 0.15) is 0 Å². The Labute approximate surface area is 127 Å². The molecule has 0 saturated heterocycles. The van der Waals surface area contributed by atoms with Crippen LogP contribution in [-0.2, 0) is 11.3 Å². The van der Waals surface area contributed by atoms with E-state index >= 15 is 0 Å². The van der Waals surface area contributed by atoms with Gasteiger partial charge in [-0.25, -0.2) is 0 Å². The highest BCUT2D eigenvalue weighted by Gasteiger charge is 2.28. The topological polar surface area (TPSA) is 40.5 Å². The van der Waals surface area contributed by atoms with Gasteiger partial charge in [-0.15, -0.1) is 6.58 Å². The van der Waals surface area contributed by atoms with Crippen molar-refractivity contribution in [2.24, 2.45) is 5.92 Å². The van der Waals surface area contributed by atoms with Gasteiger partial charge in [0.25, 0.3) is 0 Å². The van der Waals surface area contributed by atoms with Crippen LogP contribution in [0.2, 0.25) is 0 Å². The Kier molecular flexibility index (Phi) is 5.57. The minimum Gasteiger partial charge on any atom is -0.393 e. The molecule has 0 aromatic heterocycles. The fourth-order valence-corrected chi connectivity index (χ4v) is 2.96. The zero-order valence-electron chi connectivity index (χ0n) is 12.8. The molecule has 1 aliphatic carbocycles. The monoisotopic (exact) mass is 287 g/mol. The van der Waals surface area contributed by atoms with Crippen LogP contribution in [0.4, 0.5) is 0 Å². The second-order valence-electron chi connectivity index (χ2n) is 5.94. The molecule has 0 spiro atoms. The van der Waals surface area contributed by atoms with Crippen molar-refractivity contribution in [3.8, 4) is 0 Å². The SMILES string of the molecule is C=CCN(Cc1ccccc1C)C(=O)C1CCC(O)CC1. The summed E-state index contributed by atoms with van der Waals surface area (Å²) >= 11 is 0. The van der Waals surface area contributed by atoms with Crippen LogP contribution >= 0.6 is 0 Å². The van der Waals surface area contributed by atoms with E-state index in [1.807, 2.05) is 17.0 Å². The standard InChI is InChI=1S/C18H25NO2/c1-3-12-19(13-16-7-5-4-6-14(16)2)18(21)15-8-10-17(20)11-9-15/h3-7,15,17,20H,1,8-13H2,2H3. The molecule has 1 aromatic rings. The molecule has 1 fully saturated rings. The van der Waals surface area contributed by atoms with Gasteiger partial charge in [-0.3, -0.25) is 4.79 Å². The average Bonchev–Trinajstić information content (AvgIpc) is 2.49. The maximum Gasteiger partial charge on any atom is 0.226 e. The molecule has 0 heterocycles. The Balaban J connectivity index is 2.06. The first-order chi connectivity index (χ1) is 10.1. The van der Waals surface area contributed by atoms with Crippen LogP contribution in [0.1, 0.15) is 36.8 Å². The van der Waals surface area contributed by atoms with Crippen LogP contribution in [0.25, 0.3) is 0 Å². The molecule has 0 radical (unpaired) electrons. The van der Waals surface area contributed by atoms with E-state index < -0.39 is 0 Å². The van der Waals surface area contributed by atoms with Gasteiger partial charge in [-0.2, -0.15) is 0 Å². The van der Waals surface area contributed by atoms with Gasteiger partial charge in [0.2, 0.25) is 5.91 Å². The summed E-state index contributed by atoms with van der Waals surface area (Å²) in [6.07, 6.45) is 4.63. The largest absolute Gasteiger partial charge is 0.393 e. The van der Waals surface area contributed by atoms with Crippen LogP contribution in [0.3, 0.4) is 0 Å². The lowest BCUT2D eigenvalue weighted by atomic mass is 9.86. The number of nitrogens with zero attached hydrogens (tertiary/aromatic N) is 1. The van der Waals surface area contributed by atoms with Gasteiger partial charge in [0.05, 0.1) is 6.10 Å². The van der Waals surface area contributed by atoms with Gasteiger partial charge in [-0.05, 0) is 43.7 Å². The van der Waals surface area contributed by atoms with Crippen LogP contribution in [0.5, 0.6) is 0 Å². The number of aryl methyl sites for hydroxylation is 1. The molecule has 1 saturated carbocycles. The zero-order chi connectivity index (χ0) is 15.2. The summed E-state index contributed by atoms with van der Waals surface area (Å²) in [7, 11) is 0. The summed E-state index contributed by atoms with van der Waals surface area (Å²) in [6.45, 7) is 7.05. The van der Waals surface area contributed by atoms with E-state index in [-0.39, 0.29) is 17.9 Å². The number of amides is 1. The van der Waals surface area contributed by atoms with E-state index in [0.29, 0.717) is 13.1 Å². The Hall–Kier alpha value is -1.61. The Bertz CT molecular complexity index is 490. The molecule has 3 heteroatoms. The first-order valence-corrected chi connectivity index (χ1v) is 7.74. The number of hydrogen-bond acceptors (Lipinski definition) is 2. The van der Waals surface area contributed by atoms with Crippen molar-refractivity contribution in [3.63, 3.8) is 0 Å². The molecule has 1 aromatic carbocycles. The minimum atomic E-state index is -0.224. The number of hydrogen-bond donors (Lipinski definition) is 1. The Morgan fingerprint density at radius 1 is 1.33 bits per heavy atom. The molecular weight excluding hydrogens is 262 g/mol. The van der Waals surface area contributed by atoms with E-state index in [2.05, 4.69) is 25.6 Å². The third-order valence-corrected chi connectivity index (χ3v) is 4.33. The number of aliphatic hydroxyl groups is 1. The van der Waals surface area contributed by atoms with Crippen LogP contribution in [-0.4, -0.2) is 28.6 Å². The van der Waals surface area contributed by atoms with Crippen molar-refractivity contribution in [3.05, 3.63) is 48.0 Å². The highest BCUT2D eigenvalue weighted by molar-refractivity contribution is 5.79. The van der Waals surface area contributed by atoms with E-state index in [1.165, 1.54) is 11.1 Å². The first-order valence-electron chi connectivity index (χ1n) is 7.74. The molecule has 1 N–H and O–H groups in total. The molecule has 21 heavy (non-hydrogen) atoms. The quantitative estimate of drug-likeness (QED) is 0.846. The molecule has 114 valence electrons. The summed E-state index contributed by atoms with van der Waals surface area (Å²) in [5.74, 6) is 0.252. The fraction of sp³-hybridized carbons (Fsp3) is 0.500. The molecule has 1 amide bonds.